The maximum atomic E-state index is 13.0. The number of likely N-dealkylation sites (tertiary alicyclic amines) is 1. The lowest BCUT2D eigenvalue weighted by Gasteiger charge is -2.30. The molecule has 7 nitrogen and oxygen atoms in total. The molecule has 1 N–H and O–H groups in total. The number of hydrogen-bond donors (Lipinski definition) is 1. The van der Waals surface area contributed by atoms with Crippen LogP contribution in [0.1, 0.15) is 28.7 Å². The number of hydrogen-bond acceptors (Lipinski definition) is 6. The Morgan fingerprint density at radius 1 is 1.03 bits per heavy atom. The Morgan fingerprint density at radius 3 is 2.37 bits per heavy atom. The van der Waals surface area contributed by atoms with E-state index in [-0.39, 0.29) is 11.3 Å². The first-order chi connectivity index (χ1) is 14.5. The van der Waals surface area contributed by atoms with Crippen LogP contribution in [0.3, 0.4) is 0 Å². The van der Waals surface area contributed by atoms with Gasteiger partial charge in [-0.15, -0.1) is 0 Å². The highest BCUT2D eigenvalue weighted by Gasteiger charge is 2.47. The Kier molecular flexibility index (Phi) is 5.74. The van der Waals surface area contributed by atoms with Gasteiger partial charge in [0.2, 0.25) is 0 Å². The number of ether oxygens (including phenoxy) is 1. The summed E-state index contributed by atoms with van der Waals surface area (Å²) in [5.74, 6) is -0.326. The van der Waals surface area contributed by atoms with Crippen molar-refractivity contribution < 1.29 is 23.8 Å². The number of benzene rings is 1. The zero-order valence-electron chi connectivity index (χ0n) is 17.3. The Labute approximate surface area is 175 Å². The zero-order chi connectivity index (χ0) is 21.3. The number of ketones is 1. The van der Waals surface area contributed by atoms with Gasteiger partial charge in [-0.2, -0.15) is 0 Å². The molecule has 0 radical (unpaired) electrons. The first-order valence-electron chi connectivity index (χ1n) is 10.2. The van der Waals surface area contributed by atoms with Gasteiger partial charge >= 0.3 is 0 Å². The monoisotopic (exact) mass is 410 g/mol. The van der Waals surface area contributed by atoms with Crippen LogP contribution in [-0.2, 0) is 14.3 Å². The van der Waals surface area contributed by atoms with E-state index in [0.717, 1.165) is 18.7 Å². The number of Topliss-reactive ketones (excluding diaryl/α,β-unsaturated/α-hetero) is 1. The summed E-state index contributed by atoms with van der Waals surface area (Å²) in [5, 5.41) is 11.0. The van der Waals surface area contributed by atoms with Crippen LogP contribution in [0.15, 0.2) is 46.4 Å². The molecule has 30 heavy (non-hydrogen) atoms. The largest absolute Gasteiger partial charge is 0.507 e. The van der Waals surface area contributed by atoms with E-state index in [0.29, 0.717) is 43.4 Å². The SMILES string of the molecule is Cc1ccc(/C(O)=C2/C(=O)C(=O)N(CCN3CCOCC3)C2c2ccc(C)o2)cc1. The van der Waals surface area contributed by atoms with E-state index in [4.69, 9.17) is 9.15 Å². The lowest BCUT2D eigenvalue weighted by molar-refractivity contribution is -0.140. The minimum Gasteiger partial charge on any atom is -0.507 e. The van der Waals surface area contributed by atoms with Gasteiger partial charge in [-0.1, -0.05) is 29.8 Å². The Hall–Kier alpha value is -2.90. The summed E-state index contributed by atoms with van der Waals surface area (Å²) in [6, 6.07) is 10.0. The van der Waals surface area contributed by atoms with E-state index in [1.165, 1.54) is 4.90 Å². The Morgan fingerprint density at radius 2 is 1.73 bits per heavy atom. The maximum absolute atomic E-state index is 13.0. The van der Waals surface area contributed by atoms with E-state index in [1.807, 2.05) is 26.0 Å². The summed E-state index contributed by atoms with van der Waals surface area (Å²) >= 11 is 0. The van der Waals surface area contributed by atoms with Crippen LogP contribution in [0.4, 0.5) is 0 Å². The summed E-state index contributed by atoms with van der Waals surface area (Å²) in [4.78, 5) is 29.6. The van der Waals surface area contributed by atoms with Crippen LogP contribution < -0.4 is 0 Å². The fourth-order valence-electron chi connectivity index (χ4n) is 3.95. The van der Waals surface area contributed by atoms with Crippen molar-refractivity contribution in [3.8, 4) is 0 Å². The molecule has 2 fully saturated rings. The Balaban J connectivity index is 1.70. The number of aliphatic hydroxyl groups is 1. The normalized spacial score (nSPS) is 22.1. The molecule has 2 aliphatic heterocycles. The van der Waals surface area contributed by atoms with Gasteiger partial charge in [-0.25, -0.2) is 0 Å². The van der Waals surface area contributed by atoms with Gasteiger partial charge in [0.25, 0.3) is 11.7 Å². The number of morpholine rings is 1. The number of amides is 1. The van der Waals surface area contributed by atoms with Crippen molar-refractivity contribution in [3.05, 3.63) is 64.6 Å². The second kappa shape index (κ2) is 8.45. The van der Waals surface area contributed by atoms with Crippen LogP contribution in [0.2, 0.25) is 0 Å². The number of rotatable bonds is 5. The Bertz CT molecular complexity index is 970. The van der Waals surface area contributed by atoms with Crippen LogP contribution >= 0.6 is 0 Å². The molecule has 2 aromatic rings. The summed E-state index contributed by atoms with van der Waals surface area (Å²) in [5.41, 5.74) is 1.61. The van der Waals surface area contributed by atoms with Crippen LogP contribution in [0.5, 0.6) is 0 Å². The molecule has 0 bridgehead atoms. The fraction of sp³-hybridized carbons (Fsp3) is 0.391. The van der Waals surface area contributed by atoms with Gasteiger partial charge in [0.1, 0.15) is 23.3 Å². The molecule has 0 spiro atoms. The lowest BCUT2D eigenvalue weighted by atomic mass is 9.99. The third-order valence-electron chi connectivity index (χ3n) is 5.66. The van der Waals surface area contributed by atoms with Crippen molar-refractivity contribution in [2.75, 3.05) is 39.4 Å². The maximum Gasteiger partial charge on any atom is 0.295 e. The van der Waals surface area contributed by atoms with Gasteiger partial charge in [-0.05, 0) is 26.0 Å². The topological polar surface area (TPSA) is 83.2 Å². The third kappa shape index (κ3) is 3.91. The zero-order valence-corrected chi connectivity index (χ0v) is 17.3. The molecule has 2 saturated heterocycles. The number of furan rings is 1. The molecule has 1 unspecified atom stereocenters. The quantitative estimate of drug-likeness (QED) is 0.464. The minimum atomic E-state index is -0.749. The van der Waals surface area contributed by atoms with Gasteiger partial charge < -0.3 is 19.2 Å². The molecule has 1 aromatic heterocycles. The van der Waals surface area contributed by atoms with Gasteiger partial charge in [0, 0.05) is 31.7 Å². The van der Waals surface area contributed by atoms with Gasteiger partial charge in [0.05, 0.1) is 18.8 Å². The third-order valence-corrected chi connectivity index (χ3v) is 5.66. The number of nitrogens with zero attached hydrogens (tertiary/aromatic N) is 2. The molecular weight excluding hydrogens is 384 g/mol. The number of aliphatic hydroxyl groups excluding tert-OH is 1. The van der Waals surface area contributed by atoms with Crippen molar-refractivity contribution in [1.29, 1.82) is 0 Å². The molecule has 1 atom stereocenters. The smallest absolute Gasteiger partial charge is 0.295 e. The van der Waals surface area contributed by atoms with E-state index in [1.54, 1.807) is 24.3 Å². The van der Waals surface area contributed by atoms with Crippen molar-refractivity contribution in [1.82, 2.24) is 9.80 Å². The average Bonchev–Trinajstić information content (AvgIpc) is 3.28. The lowest BCUT2D eigenvalue weighted by Crippen LogP contribution is -2.42. The number of carbonyl (C=O) groups excluding carboxylic acids is 2. The number of carbonyl (C=O) groups is 2. The van der Waals surface area contributed by atoms with E-state index in [9.17, 15) is 14.7 Å². The van der Waals surface area contributed by atoms with Crippen molar-refractivity contribution in [2.24, 2.45) is 0 Å². The molecule has 1 amide bonds. The summed E-state index contributed by atoms with van der Waals surface area (Å²) < 4.78 is 11.2. The standard InChI is InChI=1S/C23H26N2O5/c1-15-3-6-17(7-4-15)21(26)19-20(18-8-5-16(2)30-18)25(23(28)22(19)27)10-9-24-11-13-29-14-12-24/h3-8,20,26H,9-14H2,1-2H3/b21-19-. The molecule has 4 rings (SSSR count). The summed E-state index contributed by atoms with van der Waals surface area (Å²) in [6.45, 7) is 7.63. The highest BCUT2D eigenvalue weighted by molar-refractivity contribution is 6.46. The molecule has 1 aromatic carbocycles. The first-order valence-corrected chi connectivity index (χ1v) is 10.2. The molecule has 158 valence electrons. The molecule has 0 aliphatic carbocycles. The summed E-state index contributed by atoms with van der Waals surface area (Å²) in [7, 11) is 0. The molecule has 2 aliphatic rings. The van der Waals surface area contributed by atoms with Crippen molar-refractivity contribution >= 4 is 17.4 Å². The van der Waals surface area contributed by atoms with Gasteiger partial charge in [0.15, 0.2) is 0 Å². The molecule has 7 heteroatoms. The van der Waals surface area contributed by atoms with Crippen LogP contribution in [0, 0.1) is 13.8 Å². The predicted molar refractivity (Wildman–Crippen MR) is 111 cm³/mol. The average molecular weight is 410 g/mol. The molecule has 3 heterocycles. The first kappa shape index (κ1) is 20.4. The van der Waals surface area contributed by atoms with Crippen molar-refractivity contribution in [3.63, 3.8) is 0 Å². The highest BCUT2D eigenvalue weighted by atomic mass is 16.5. The van der Waals surface area contributed by atoms with Crippen LogP contribution in [-0.4, -0.2) is 66.0 Å². The predicted octanol–water partition coefficient (Wildman–Crippen LogP) is 2.65. The summed E-state index contributed by atoms with van der Waals surface area (Å²) in [6.07, 6.45) is 0. The minimum absolute atomic E-state index is 0.0696. The second-order valence-corrected chi connectivity index (χ2v) is 7.76. The highest BCUT2D eigenvalue weighted by Crippen LogP contribution is 2.39. The van der Waals surface area contributed by atoms with E-state index in [2.05, 4.69) is 4.90 Å². The fourth-order valence-corrected chi connectivity index (χ4v) is 3.95. The van der Waals surface area contributed by atoms with Gasteiger partial charge in [-0.3, -0.25) is 14.5 Å². The molecule has 0 saturated carbocycles. The van der Waals surface area contributed by atoms with E-state index >= 15 is 0 Å². The number of aryl methyl sites for hydroxylation is 2. The second-order valence-electron chi connectivity index (χ2n) is 7.76. The molecular formula is C23H26N2O5. The van der Waals surface area contributed by atoms with Crippen molar-refractivity contribution in [2.45, 2.75) is 19.9 Å². The van der Waals surface area contributed by atoms with E-state index < -0.39 is 17.7 Å². The van der Waals surface area contributed by atoms with Crippen LogP contribution in [0.25, 0.3) is 5.76 Å².